The van der Waals surface area contributed by atoms with Crippen molar-refractivity contribution in [3.63, 3.8) is 0 Å². The summed E-state index contributed by atoms with van der Waals surface area (Å²) in [6.45, 7) is 7.53. The van der Waals surface area contributed by atoms with Crippen LogP contribution in [0.4, 0.5) is 0 Å². The van der Waals surface area contributed by atoms with Gasteiger partial charge in [-0.3, -0.25) is 10.00 Å². The van der Waals surface area contributed by atoms with Crippen LogP contribution in [0.5, 0.6) is 0 Å². The van der Waals surface area contributed by atoms with Gasteiger partial charge in [0.1, 0.15) is 5.54 Å². The Morgan fingerprint density at radius 2 is 2.28 bits per heavy atom. The number of nitrogens with zero attached hydrogens (tertiary/aromatic N) is 3. The van der Waals surface area contributed by atoms with E-state index < -0.39 is 5.54 Å². The van der Waals surface area contributed by atoms with Crippen molar-refractivity contribution in [3.8, 4) is 6.07 Å². The summed E-state index contributed by atoms with van der Waals surface area (Å²) >= 11 is 5.94. The number of hydrogen-bond acceptors (Lipinski definition) is 3. The molecule has 1 atom stereocenters. The van der Waals surface area contributed by atoms with E-state index in [-0.39, 0.29) is 0 Å². The van der Waals surface area contributed by atoms with Crippen molar-refractivity contribution in [3.05, 3.63) is 16.9 Å². The van der Waals surface area contributed by atoms with E-state index in [2.05, 4.69) is 16.5 Å². The van der Waals surface area contributed by atoms with Crippen molar-refractivity contribution < 1.29 is 0 Å². The summed E-state index contributed by atoms with van der Waals surface area (Å²) in [4.78, 5) is 0. The van der Waals surface area contributed by atoms with E-state index in [4.69, 9.17) is 16.9 Å². The molecule has 0 saturated heterocycles. The molecule has 0 bridgehead atoms. The molecule has 0 aliphatic rings. The molecular weight excluding hydrogens is 248 g/mol. The van der Waals surface area contributed by atoms with E-state index in [1.54, 1.807) is 0 Å². The Morgan fingerprint density at radius 1 is 1.56 bits per heavy atom. The standard InChI is InChI=1S/C13H21ClN4/c1-4-16-13(3,10-15)7-5-6-8-18-9-12(14)11(2)17-18/h9,16H,4-8H2,1-3H3. The van der Waals surface area contributed by atoms with Gasteiger partial charge in [0.25, 0.3) is 0 Å². The Morgan fingerprint density at radius 3 is 2.78 bits per heavy atom. The highest BCUT2D eigenvalue weighted by Gasteiger charge is 2.21. The fraction of sp³-hybridized carbons (Fsp3) is 0.692. The van der Waals surface area contributed by atoms with E-state index >= 15 is 0 Å². The molecule has 1 unspecified atom stereocenters. The molecule has 0 spiro atoms. The van der Waals surface area contributed by atoms with Crippen LogP contribution in [0.1, 0.15) is 38.8 Å². The Bertz CT molecular complexity index is 402. The molecule has 0 aliphatic carbocycles. The predicted octanol–water partition coefficient (Wildman–Crippen LogP) is 2.91. The molecule has 1 rings (SSSR count). The van der Waals surface area contributed by atoms with E-state index in [1.165, 1.54) is 0 Å². The summed E-state index contributed by atoms with van der Waals surface area (Å²) in [7, 11) is 0. The van der Waals surface area contributed by atoms with Gasteiger partial charge in [-0.25, -0.2) is 0 Å². The van der Waals surface area contributed by atoms with Gasteiger partial charge in [-0.2, -0.15) is 10.4 Å². The molecule has 100 valence electrons. The van der Waals surface area contributed by atoms with Gasteiger partial charge in [0.15, 0.2) is 0 Å². The fourth-order valence-electron chi connectivity index (χ4n) is 1.93. The van der Waals surface area contributed by atoms with Crippen molar-refractivity contribution in [1.29, 1.82) is 5.26 Å². The van der Waals surface area contributed by atoms with Crippen LogP contribution in [-0.4, -0.2) is 21.9 Å². The topological polar surface area (TPSA) is 53.6 Å². The molecule has 1 aromatic heterocycles. The molecule has 5 heteroatoms. The van der Waals surface area contributed by atoms with Gasteiger partial charge in [-0.15, -0.1) is 0 Å². The largest absolute Gasteiger partial charge is 0.300 e. The zero-order valence-electron chi connectivity index (χ0n) is 11.3. The lowest BCUT2D eigenvalue weighted by molar-refractivity contribution is 0.400. The monoisotopic (exact) mass is 268 g/mol. The summed E-state index contributed by atoms with van der Waals surface area (Å²) < 4.78 is 1.87. The Labute approximate surface area is 114 Å². The third-order valence-corrected chi connectivity index (χ3v) is 3.39. The van der Waals surface area contributed by atoms with Crippen LogP contribution in [0, 0.1) is 18.3 Å². The predicted molar refractivity (Wildman–Crippen MR) is 73.5 cm³/mol. The van der Waals surface area contributed by atoms with Crippen molar-refractivity contribution in [2.45, 2.75) is 52.1 Å². The number of hydrogen-bond donors (Lipinski definition) is 1. The molecule has 0 radical (unpaired) electrons. The zero-order valence-corrected chi connectivity index (χ0v) is 12.1. The lowest BCUT2D eigenvalue weighted by atomic mass is 9.96. The third-order valence-electron chi connectivity index (χ3n) is 3.01. The number of nitrogens with one attached hydrogen (secondary N) is 1. The van der Waals surface area contributed by atoms with Gasteiger partial charge >= 0.3 is 0 Å². The summed E-state index contributed by atoms with van der Waals surface area (Å²) in [5.74, 6) is 0. The summed E-state index contributed by atoms with van der Waals surface area (Å²) in [6.07, 6.45) is 4.70. The molecule has 0 amide bonds. The number of aromatic nitrogens is 2. The van der Waals surface area contributed by atoms with Crippen LogP contribution in [0.3, 0.4) is 0 Å². The summed E-state index contributed by atoms with van der Waals surface area (Å²) in [5, 5.41) is 17.4. The van der Waals surface area contributed by atoms with E-state index in [1.807, 2.05) is 31.6 Å². The SMILES string of the molecule is CCNC(C)(C#N)CCCCn1cc(Cl)c(C)n1. The highest BCUT2D eigenvalue weighted by Crippen LogP contribution is 2.15. The quantitative estimate of drug-likeness (QED) is 0.774. The van der Waals surface area contributed by atoms with Crippen LogP contribution in [0.2, 0.25) is 5.02 Å². The van der Waals surface area contributed by atoms with Crippen molar-refractivity contribution >= 4 is 11.6 Å². The third kappa shape index (κ3) is 4.32. The van der Waals surface area contributed by atoms with E-state index in [0.717, 1.165) is 38.0 Å². The van der Waals surface area contributed by atoms with Crippen LogP contribution in [0.25, 0.3) is 0 Å². The number of rotatable bonds is 7. The number of nitriles is 1. The molecule has 1 N–H and O–H groups in total. The van der Waals surface area contributed by atoms with Crippen LogP contribution < -0.4 is 5.32 Å². The first-order valence-corrected chi connectivity index (χ1v) is 6.74. The van der Waals surface area contributed by atoms with E-state index in [9.17, 15) is 0 Å². The maximum absolute atomic E-state index is 9.12. The first kappa shape index (κ1) is 15.0. The lowest BCUT2D eigenvalue weighted by Gasteiger charge is -2.22. The van der Waals surface area contributed by atoms with Gasteiger partial charge in [-0.1, -0.05) is 18.5 Å². The highest BCUT2D eigenvalue weighted by molar-refractivity contribution is 6.31. The molecule has 0 aliphatic heterocycles. The summed E-state index contributed by atoms with van der Waals surface area (Å²) in [5.41, 5.74) is 0.457. The van der Waals surface area contributed by atoms with Crippen LogP contribution in [0.15, 0.2) is 6.20 Å². The smallest absolute Gasteiger partial charge is 0.103 e. The number of aryl methyl sites for hydroxylation is 2. The second-order valence-electron chi connectivity index (χ2n) is 4.76. The Kier molecular flexibility index (Phi) is 5.64. The van der Waals surface area contributed by atoms with E-state index in [0.29, 0.717) is 5.02 Å². The number of halogens is 1. The average molecular weight is 269 g/mol. The summed E-state index contributed by atoms with van der Waals surface area (Å²) in [6, 6.07) is 2.34. The fourth-order valence-corrected chi connectivity index (χ4v) is 2.08. The molecule has 18 heavy (non-hydrogen) atoms. The maximum Gasteiger partial charge on any atom is 0.103 e. The van der Waals surface area contributed by atoms with Gasteiger partial charge in [-0.05, 0) is 39.7 Å². The van der Waals surface area contributed by atoms with Crippen molar-refractivity contribution in [2.75, 3.05) is 6.54 Å². The molecule has 0 aromatic carbocycles. The van der Waals surface area contributed by atoms with Crippen LogP contribution in [-0.2, 0) is 6.54 Å². The second kappa shape index (κ2) is 6.77. The number of unbranched alkanes of at least 4 members (excludes halogenated alkanes) is 1. The van der Waals surface area contributed by atoms with Crippen LogP contribution >= 0.6 is 11.6 Å². The van der Waals surface area contributed by atoms with Gasteiger partial charge in [0.05, 0.1) is 16.8 Å². The molecule has 1 heterocycles. The Balaban J connectivity index is 2.32. The molecule has 0 fully saturated rings. The molecular formula is C13H21ClN4. The van der Waals surface area contributed by atoms with Crippen molar-refractivity contribution in [1.82, 2.24) is 15.1 Å². The van der Waals surface area contributed by atoms with Gasteiger partial charge in [0.2, 0.25) is 0 Å². The molecule has 4 nitrogen and oxygen atoms in total. The Hall–Kier alpha value is -1.05. The lowest BCUT2D eigenvalue weighted by Crippen LogP contribution is -2.40. The minimum Gasteiger partial charge on any atom is -0.300 e. The normalized spacial score (nSPS) is 14.2. The second-order valence-corrected chi connectivity index (χ2v) is 5.16. The highest BCUT2D eigenvalue weighted by atomic mass is 35.5. The maximum atomic E-state index is 9.12. The minimum absolute atomic E-state index is 0.410. The average Bonchev–Trinajstić information content (AvgIpc) is 2.65. The molecule has 0 saturated carbocycles. The first-order chi connectivity index (χ1) is 8.50. The zero-order chi connectivity index (χ0) is 13.6. The van der Waals surface area contributed by atoms with Gasteiger partial charge in [0, 0.05) is 12.7 Å². The van der Waals surface area contributed by atoms with Crippen molar-refractivity contribution in [2.24, 2.45) is 0 Å². The minimum atomic E-state index is -0.410. The first-order valence-electron chi connectivity index (χ1n) is 6.36. The van der Waals surface area contributed by atoms with Gasteiger partial charge < -0.3 is 0 Å². The molecule has 1 aromatic rings.